The predicted octanol–water partition coefficient (Wildman–Crippen LogP) is 2.42. The Hall–Kier alpha value is -1.33. The summed E-state index contributed by atoms with van der Waals surface area (Å²) in [4.78, 5) is 0. The predicted molar refractivity (Wildman–Crippen MR) is 81.2 cm³/mol. The Labute approximate surface area is 120 Å². The van der Waals surface area contributed by atoms with Crippen LogP contribution in [0.3, 0.4) is 0 Å². The lowest BCUT2D eigenvalue weighted by molar-refractivity contribution is 0.00578. The second-order valence-electron chi connectivity index (χ2n) is 6.42. The molecule has 4 nitrogen and oxygen atoms in total. The normalized spacial score (nSPS) is 20.8. The van der Waals surface area contributed by atoms with Gasteiger partial charge in [0.15, 0.2) is 0 Å². The topological polar surface area (TPSA) is 47.1 Å². The van der Waals surface area contributed by atoms with Gasteiger partial charge in [-0.25, -0.2) is 0 Å². The molecule has 1 aliphatic heterocycles. The van der Waals surface area contributed by atoms with Crippen LogP contribution in [-0.4, -0.2) is 28.5 Å². The van der Waals surface area contributed by atoms with Crippen LogP contribution in [0.15, 0.2) is 18.2 Å². The van der Waals surface area contributed by atoms with Crippen LogP contribution in [0.5, 0.6) is 0 Å². The van der Waals surface area contributed by atoms with Gasteiger partial charge in [0, 0.05) is 5.39 Å². The van der Waals surface area contributed by atoms with E-state index in [9.17, 15) is 0 Å². The summed E-state index contributed by atoms with van der Waals surface area (Å²) >= 11 is 0. The molecule has 0 spiro atoms. The maximum absolute atomic E-state index is 6.10. The number of hydrogen-bond donors (Lipinski definition) is 1. The molecular weight excluding hydrogens is 251 g/mol. The monoisotopic (exact) mass is 272 g/mol. The zero-order valence-corrected chi connectivity index (χ0v) is 12.8. The minimum atomic E-state index is -0.316. The molecule has 1 aromatic heterocycles. The lowest BCUT2D eigenvalue weighted by Crippen LogP contribution is -2.41. The fraction of sp³-hybridized carbons (Fsp3) is 0.533. The minimum Gasteiger partial charge on any atom is -0.399 e. The molecule has 2 aromatic rings. The Balaban J connectivity index is 1.99. The molecule has 0 unspecified atom stereocenters. The molecule has 5 heteroatoms. The van der Waals surface area contributed by atoms with Gasteiger partial charge in [-0.05, 0) is 45.6 Å². The van der Waals surface area contributed by atoms with E-state index >= 15 is 0 Å². The summed E-state index contributed by atoms with van der Waals surface area (Å²) in [6.07, 6.45) is 0.910. The second kappa shape index (κ2) is 4.33. The number of aromatic amines is 1. The van der Waals surface area contributed by atoms with Crippen molar-refractivity contribution < 1.29 is 9.31 Å². The number of benzene rings is 1. The molecule has 1 N–H and O–H groups in total. The quantitative estimate of drug-likeness (QED) is 0.854. The summed E-state index contributed by atoms with van der Waals surface area (Å²) in [5.74, 6) is 0. The number of H-pyrrole nitrogens is 1. The number of nitrogens with one attached hydrogen (secondary N) is 1. The molecule has 1 saturated heterocycles. The molecule has 3 rings (SSSR count). The van der Waals surface area contributed by atoms with Gasteiger partial charge in [0.05, 0.1) is 22.4 Å². The maximum Gasteiger partial charge on any atom is 0.494 e. The van der Waals surface area contributed by atoms with E-state index in [4.69, 9.17) is 9.31 Å². The molecule has 0 radical (unpaired) electrons. The van der Waals surface area contributed by atoms with Gasteiger partial charge in [0.2, 0.25) is 0 Å². The smallest absolute Gasteiger partial charge is 0.399 e. The molecule has 1 aliphatic rings. The molecule has 0 saturated carbocycles. The Kier molecular flexibility index (Phi) is 2.96. The summed E-state index contributed by atoms with van der Waals surface area (Å²) in [6.45, 7) is 10.4. The van der Waals surface area contributed by atoms with Gasteiger partial charge in [-0.3, -0.25) is 5.10 Å². The maximum atomic E-state index is 6.10. The first kappa shape index (κ1) is 13.6. The summed E-state index contributed by atoms with van der Waals surface area (Å²) in [5.41, 5.74) is 2.57. The van der Waals surface area contributed by atoms with E-state index < -0.39 is 0 Å². The molecule has 20 heavy (non-hydrogen) atoms. The third kappa shape index (κ3) is 1.96. The van der Waals surface area contributed by atoms with Gasteiger partial charge in [0.1, 0.15) is 0 Å². The molecule has 0 amide bonds. The Morgan fingerprint density at radius 3 is 2.40 bits per heavy atom. The van der Waals surface area contributed by atoms with Crippen molar-refractivity contribution in [2.45, 2.75) is 52.2 Å². The Bertz CT molecular complexity index is 632. The third-order valence-electron chi connectivity index (χ3n) is 4.53. The molecule has 0 aliphatic carbocycles. The Morgan fingerprint density at radius 2 is 1.80 bits per heavy atom. The van der Waals surface area contributed by atoms with Crippen molar-refractivity contribution in [1.82, 2.24) is 10.2 Å². The highest BCUT2D eigenvalue weighted by Gasteiger charge is 2.51. The highest BCUT2D eigenvalue weighted by atomic mass is 16.7. The van der Waals surface area contributed by atoms with Crippen LogP contribution in [0.1, 0.15) is 40.3 Å². The van der Waals surface area contributed by atoms with Gasteiger partial charge in [-0.2, -0.15) is 5.10 Å². The lowest BCUT2D eigenvalue weighted by Gasteiger charge is -2.32. The average molecular weight is 272 g/mol. The van der Waals surface area contributed by atoms with Crippen molar-refractivity contribution >= 4 is 23.5 Å². The van der Waals surface area contributed by atoms with Crippen LogP contribution >= 0.6 is 0 Å². The van der Waals surface area contributed by atoms with Gasteiger partial charge < -0.3 is 9.31 Å². The van der Waals surface area contributed by atoms with Crippen molar-refractivity contribution in [3.05, 3.63) is 23.9 Å². The first-order valence-electron chi connectivity index (χ1n) is 7.16. The SMILES string of the molecule is CCc1n[nH]c2ccc(B3OC(C)(C)C(C)(C)O3)cc12. The number of aryl methyl sites for hydroxylation is 1. The molecule has 0 atom stereocenters. The van der Waals surface area contributed by atoms with Crippen molar-refractivity contribution in [3.63, 3.8) is 0 Å². The molecule has 1 fully saturated rings. The molecule has 106 valence electrons. The minimum absolute atomic E-state index is 0.309. The van der Waals surface area contributed by atoms with E-state index in [0.29, 0.717) is 0 Å². The second-order valence-corrected chi connectivity index (χ2v) is 6.42. The van der Waals surface area contributed by atoms with Crippen LogP contribution < -0.4 is 5.46 Å². The van der Waals surface area contributed by atoms with Gasteiger partial charge in [-0.1, -0.05) is 19.1 Å². The third-order valence-corrected chi connectivity index (χ3v) is 4.53. The first-order valence-corrected chi connectivity index (χ1v) is 7.16. The van der Waals surface area contributed by atoms with E-state index in [1.807, 2.05) is 12.1 Å². The van der Waals surface area contributed by atoms with Gasteiger partial charge >= 0.3 is 7.12 Å². The van der Waals surface area contributed by atoms with Crippen molar-refractivity contribution in [2.75, 3.05) is 0 Å². The van der Waals surface area contributed by atoms with Crippen LogP contribution in [0.25, 0.3) is 10.9 Å². The number of rotatable bonds is 2. The van der Waals surface area contributed by atoms with Crippen LogP contribution in [0, 0.1) is 0 Å². The van der Waals surface area contributed by atoms with Crippen molar-refractivity contribution in [1.29, 1.82) is 0 Å². The number of nitrogens with zero attached hydrogens (tertiary/aromatic N) is 1. The van der Waals surface area contributed by atoms with E-state index in [0.717, 1.165) is 28.5 Å². The van der Waals surface area contributed by atoms with Crippen LogP contribution in [0.4, 0.5) is 0 Å². The van der Waals surface area contributed by atoms with E-state index in [-0.39, 0.29) is 18.3 Å². The molecule has 0 bridgehead atoms. The average Bonchev–Trinajstić information content (AvgIpc) is 2.87. The van der Waals surface area contributed by atoms with E-state index in [1.54, 1.807) is 0 Å². The van der Waals surface area contributed by atoms with Crippen molar-refractivity contribution in [2.24, 2.45) is 0 Å². The van der Waals surface area contributed by atoms with E-state index in [1.165, 1.54) is 0 Å². The Morgan fingerprint density at radius 1 is 1.15 bits per heavy atom. The fourth-order valence-corrected chi connectivity index (χ4v) is 2.48. The summed E-state index contributed by atoms with van der Waals surface area (Å²) in [7, 11) is -0.316. The molecule has 2 heterocycles. The highest BCUT2D eigenvalue weighted by molar-refractivity contribution is 6.62. The summed E-state index contributed by atoms with van der Waals surface area (Å²) in [6, 6.07) is 6.21. The number of fused-ring (bicyclic) bond motifs is 1. The zero-order valence-electron chi connectivity index (χ0n) is 12.8. The lowest BCUT2D eigenvalue weighted by atomic mass is 9.78. The standard InChI is InChI=1S/C15H21BN2O2/c1-6-12-11-9-10(7-8-13(11)18-17-12)16-19-14(2,3)15(4,5)20-16/h7-9H,6H2,1-5H3,(H,17,18). The summed E-state index contributed by atoms with van der Waals surface area (Å²) in [5, 5.41) is 8.54. The fourth-order valence-electron chi connectivity index (χ4n) is 2.48. The zero-order chi connectivity index (χ0) is 14.5. The first-order chi connectivity index (χ1) is 9.34. The largest absolute Gasteiger partial charge is 0.494 e. The van der Waals surface area contributed by atoms with E-state index in [2.05, 4.69) is 50.9 Å². The highest BCUT2D eigenvalue weighted by Crippen LogP contribution is 2.36. The van der Waals surface area contributed by atoms with Crippen LogP contribution in [-0.2, 0) is 15.7 Å². The number of aromatic nitrogens is 2. The molecule has 1 aromatic carbocycles. The van der Waals surface area contributed by atoms with Gasteiger partial charge in [-0.15, -0.1) is 0 Å². The molecular formula is C15H21BN2O2. The van der Waals surface area contributed by atoms with Crippen molar-refractivity contribution in [3.8, 4) is 0 Å². The van der Waals surface area contributed by atoms with Crippen LogP contribution in [0.2, 0.25) is 0 Å². The van der Waals surface area contributed by atoms with Gasteiger partial charge in [0.25, 0.3) is 0 Å². The summed E-state index contributed by atoms with van der Waals surface area (Å²) < 4.78 is 12.2. The number of hydrogen-bond acceptors (Lipinski definition) is 3.